The quantitative estimate of drug-likeness (QED) is 0.656. The van der Waals surface area contributed by atoms with Crippen molar-refractivity contribution in [1.82, 2.24) is 4.98 Å². The Morgan fingerprint density at radius 3 is 2.65 bits per heavy atom. The lowest BCUT2D eigenvalue weighted by Gasteiger charge is -2.12. The number of anilines is 1. The minimum Gasteiger partial charge on any atom is -0.494 e. The zero-order chi connectivity index (χ0) is 16.2. The zero-order valence-corrected chi connectivity index (χ0v) is 14.6. The van der Waals surface area contributed by atoms with Gasteiger partial charge in [0.05, 0.1) is 16.8 Å². The van der Waals surface area contributed by atoms with E-state index in [1.807, 2.05) is 13.0 Å². The Balaban J connectivity index is 1.86. The van der Waals surface area contributed by atoms with Crippen LogP contribution in [0, 0.1) is 0 Å². The fourth-order valence-corrected chi connectivity index (χ4v) is 3.42. The summed E-state index contributed by atoms with van der Waals surface area (Å²) in [5, 5.41) is 4.37. The molecule has 23 heavy (non-hydrogen) atoms. The van der Waals surface area contributed by atoms with E-state index in [2.05, 4.69) is 55.6 Å². The van der Waals surface area contributed by atoms with Crippen molar-refractivity contribution in [2.45, 2.75) is 33.2 Å². The number of thiazole rings is 1. The number of benzene rings is 2. The van der Waals surface area contributed by atoms with Gasteiger partial charge in [-0.15, -0.1) is 0 Å². The van der Waals surface area contributed by atoms with Crippen molar-refractivity contribution in [1.29, 1.82) is 0 Å². The molecule has 3 nitrogen and oxygen atoms in total. The van der Waals surface area contributed by atoms with Crippen molar-refractivity contribution in [2.75, 3.05) is 11.9 Å². The van der Waals surface area contributed by atoms with Crippen LogP contribution >= 0.6 is 11.3 Å². The van der Waals surface area contributed by atoms with E-state index in [1.165, 1.54) is 11.1 Å². The summed E-state index contributed by atoms with van der Waals surface area (Å²) < 4.78 is 6.96. The smallest absolute Gasteiger partial charge is 0.184 e. The Morgan fingerprint density at radius 1 is 1.17 bits per heavy atom. The lowest BCUT2D eigenvalue weighted by molar-refractivity contribution is 0.336. The second kappa shape index (κ2) is 7.01. The highest BCUT2D eigenvalue weighted by Gasteiger charge is 2.13. The number of rotatable bonds is 6. The van der Waals surface area contributed by atoms with Gasteiger partial charge in [0.25, 0.3) is 0 Å². The molecule has 3 aromatic rings. The number of hydrogen-bond donors (Lipinski definition) is 1. The lowest BCUT2D eigenvalue weighted by Crippen LogP contribution is -1.98. The van der Waals surface area contributed by atoms with Gasteiger partial charge in [-0.1, -0.05) is 55.5 Å². The van der Waals surface area contributed by atoms with Crippen LogP contribution in [-0.4, -0.2) is 11.6 Å². The maximum absolute atomic E-state index is 5.80. The van der Waals surface area contributed by atoms with Gasteiger partial charge < -0.3 is 10.1 Å². The molecule has 1 heterocycles. The molecule has 0 radical (unpaired) electrons. The van der Waals surface area contributed by atoms with Crippen molar-refractivity contribution in [3.05, 3.63) is 53.6 Å². The van der Waals surface area contributed by atoms with E-state index in [-0.39, 0.29) is 0 Å². The average Bonchev–Trinajstić information content (AvgIpc) is 2.95. The molecule has 1 aromatic heterocycles. The van der Waals surface area contributed by atoms with Crippen molar-refractivity contribution >= 4 is 26.7 Å². The maximum Gasteiger partial charge on any atom is 0.184 e. The van der Waals surface area contributed by atoms with Crippen LogP contribution in [0.2, 0.25) is 0 Å². The van der Waals surface area contributed by atoms with Gasteiger partial charge in [-0.05, 0) is 36.1 Å². The Morgan fingerprint density at radius 2 is 1.96 bits per heavy atom. The number of nitrogens with one attached hydrogen (secondary N) is 1. The molecule has 0 amide bonds. The van der Waals surface area contributed by atoms with Crippen LogP contribution in [0.4, 0.5) is 5.13 Å². The van der Waals surface area contributed by atoms with Gasteiger partial charge in [-0.2, -0.15) is 0 Å². The first-order valence-electron chi connectivity index (χ1n) is 8.02. The number of aromatic nitrogens is 1. The summed E-state index contributed by atoms with van der Waals surface area (Å²) in [5.41, 5.74) is 3.52. The molecule has 4 heteroatoms. The van der Waals surface area contributed by atoms with Gasteiger partial charge in [0.1, 0.15) is 5.75 Å². The van der Waals surface area contributed by atoms with Gasteiger partial charge in [0.15, 0.2) is 5.13 Å². The second-order valence-corrected chi connectivity index (χ2v) is 6.83. The SMILES string of the molecule is CCOc1cc2sc(NCc3ccccc3)nc2cc1C(C)C. The molecule has 0 bridgehead atoms. The fourth-order valence-electron chi connectivity index (χ4n) is 2.55. The molecule has 0 atom stereocenters. The highest BCUT2D eigenvalue weighted by molar-refractivity contribution is 7.22. The topological polar surface area (TPSA) is 34.1 Å². The summed E-state index contributed by atoms with van der Waals surface area (Å²) in [6.45, 7) is 7.86. The first-order valence-corrected chi connectivity index (χ1v) is 8.84. The first-order chi connectivity index (χ1) is 11.2. The Bertz CT molecular complexity index is 781. The van der Waals surface area contributed by atoms with E-state index in [4.69, 9.17) is 9.72 Å². The van der Waals surface area contributed by atoms with Crippen molar-refractivity contribution in [3.8, 4) is 5.75 Å². The minimum atomic E-state index is 0.420. The van der Waals surface area contributed by atoms with Crippen molar-refractivity contribution in [3.63, 3.8) is 0 Å². The molecule has 0 aliphatic heterocycles. The standard InChI is InChI=1S/C19H22N2OS/c1-4-22-17-11-18-16(10-15(17)13(2)3)21-19(23-18)20-12-14-8-6-5-7-9-14/h5-11,13H,4,12H2,1-3H3,(H,20,21). The summed E-state index contributed by atoms with van der Waals surface area (Å²) >= 11 is 1.67. The molecular formula is C19H22N2OS. The van der Waals surface area contributed by atoms with Crippen LogP contribution in [0.5, 0.6) is 5.75 Å². The predicted molar refractivity (Wildman–Crippen MR) is 98.6 cm³/mol. The molecule has 0 spiro atoms. The molecule has 0 unspecified atom stereocenters. The molecule has 0 aliphatic rings. The molecule has 0 fully saturated rings. The van der Waals surface area contributed by atoms with Crippen LogP contribution in [0.15, 0.2) is 42.5 Å². The maximum atomic E-state index is 5.80. The third-order valence-electron chi connectivity index (χ3n) is 3.73. The molecule has 1 N–H and O–H groups in total. The third-order valence-corrected chi connectivity index (χ3v) is 4.70. The van der Waals surface area contributed by atoms with E-state index < -0.39 is 0 Å². The lowest BCUT2D eigenvalue weighted by atomic mass is 10.0. The van der Waals surface area contributed by atoms with Crippen LogP contribution in [0.1, 0.15) is 37.8 Å². The van der Waals surface area contributed by atoms with Crippen LogP contribution in [0.25, 0.3) is 10.2 Å². The summed E-state index contributed by atoms with van der Waals surface area (Å²) in [7, 11) is 0. The van der Waals surface area contributed by atoms with E-state index in [1.54, 1.807) is 11.3 Å². The molecule has 2 aromatic carbocycles. The average molecular weight is 326 g/mol. The van der Waals surface area contributed by atoms with Gasteiger partial charge in [-0.3, -0.25) is 0 Å². The molecule has 0 aliphatic carbocycles. The molecular weight excluding hydrogens is 304 g/mol. The highest BCUT2D eigenvalue weighted by Crippen LogP contribution is 2.35. The van der Waals surface area contributed by atoms with Crippen LogP contribution in [-0.2, 0) is 6.54 Å². The highest BCUT2D eigenvalue weighted by atomic mass is 32.1. The van der Waals surface area contributed by atoms with Gasteiger partial charge >= 0.3 is 0 Å². The van der Waals surface area contributed by atoms with E-state index in [9.17, 15) is 0 Å². The molecule has 3 rings (SSSR count). The van der Waals surface area contributed by atoms with Gasteiger partial charge in [0.2, 0.25) is 0 Å². The first kappa shape index (κ1) is 15.8. The van der Waals surface area contributed by atoms with E-state index in [0.29, 0.717) is 12.5 Å². The Hall–Kier alpha value is -2.07. The fraction of sp³-hybridized carbons (Fsp3) is 0.316. The third kappa shape index (κ3) is 3.64. The van der Waals surface area contributed by atoms with E-state index in [0.717, 1.165) is 27.6 Å². The van der Waals surface area contributed by atoms with Gasteiger partial charge in [-0.25, -0.2) is 4.98 Å². The van der Waals surface area contributed by atoms with Gasteiger partial charge in [0, 0.05) is 6.54 Å². The molecule has 0 saturated carbocycles. The number of fused-ring (bicyclic) bond motifs is 1. The van der Waals surface area contributed by atoms with E-state index >= 15 is 0 Å². The number of ether oxygens (including phenoxy) is 1. The summed E-state index contributed by atoms with van der Waals surface area (Å²) in [6, 6.07) is 14.7. The summed E-state index contributed by atoms with van der Waals surface area (Å²) in [6.07, 6.45) is 0. The van der Waals surface area contributed by atoms with Crippen molar-refractivity contribution in [2.24, 2.45) is 0 Å². The minimum absolute atomic E-state index is 0.420. The second-order valence-electron chi connectivity index (χ2n) is 5.80. The summed E-state index contributed by atoms with van der Waals surface area (Å²) in [4.78, 5) is 4.72. The van der Waals surface area contributed by atoms with Crippen LogP contribution < -0.4 is 10.1 Å². The predicted octanol–water partition coefficient (Wildman–Crippen LogP) is 5.43. The Kier molecular flexibility index (Phi) is 4.82. The van der Waals surface area contributed by atoms with Crippen LogP contribution in [0.3, 0.4) is 0 Å². The number of nitrogens with zero attached hydrogens (tertiary/aromatic N) is 1. The molecule has 120 valence electrons. The largest absolute Gasteiger partial charge is 0.494 e. The number of hydrogen-bond acceptors (Lipinski definition) is 4. The van der Waals surface area contributed by atoms with Crippen molar-refractivity contribution < 1.29 is 4.74 Å². The normalized spacial score (nSPS) is 11.1. The zero-order valence-electron chi connectivity index (χ0n) is 13.8. The Labute approximate surface area is 141 Å². The monoisotopic (exact) mass is 326 g/mol. The summed E-state index contributed by atoms with van der Waals surface area (Å²) in [5.74, 6) is 1.40. The molecule has 0 saturated heterocycles.